The van der Waals surface area contributed by atoms with E-state index >= 15 is 0 Å². The van der Waals surface area contributed by atoms with E-state index in [2.05, 4.69) is 213 Å². The van der Waals surface area contributed by atoms with Crippen LogP contribution in [0.5, 0.6) is 0 Å². The van der Waals surface area contributed by atoms with Gasteiger partial charge < -0.3 is 4.90 Å². The summed E-state index contributed by atoms with van der Waals surface area (Å²) in [5, 5.41) is 2.69. The summed E-state index contributed by atoms with van der Waals surface area (Å²) in [5.41, 5.74) is 20.9. The molecule has 0 saturated carbocycles. The number of benzene rings is 8. The predicted molar refractivity (Wildman–Crippen MR) is 253 cm³/mol. The molecule has 0 bridgehead atoms. The summed E-state index contributed by atoms with van der Waals surface area (Å²) >= 11 is 1.94. The van der Waals surface area contributed by atoms with Crippen molar-refractivity contribution in [1.29, 1.82) is 0 Å². The van der Waals surface area contributed by atoms with Gasteiger partial charge in [-0.3, -0.25) is 0 Å². The van der Waals surface area contributed by atoms with E-state index in [1.807, 2.05) is 11.3 Å². The molecule has 13 rings (SSSR count). The fraction of sp³-hybridized carbons (Fsp3) is 0.103. The zero-order valence-electron chi connectivity index (χ0n) is 33.6. The Hall–Kier alpha value is -6.74. The number of nitrogens with zero attached hydrogens (tertiary/aromatic N) is 1. The Bertz CT molecular complexity index is 3320. The van der Waals surface area contributed by atoms with Crippen LogP contribution >= 0.6 is 11.3 Å². The molecule has 4 aliphatic carbocycles. The first kappa shape index (κ1) is 34.2. The van der Waals surface area contributed by atoms with Gasteiger partial charge in [0.05, 0.1) is 5.41 Å². The number of fused-ring (bicyclic) bond motifs is 17. The van der Waals surface area contributed by atoms with Gasteiger partial charge >= 0.3 is 0 Å². The second kappa shape index (κ2) is 12.4. The van der Waals surface area contributed by atoms with E-state index in [-0.39, 0.29) is 5.41 Å². The van der Waals surface area contributed by atoms with Gasteiger partial charge in [0.25, 0.3) is 0 Å². The number of anilines is 2. The number of hydrogen-bond acceptors (Lipinski definition) is 2. The van der Waals surface area contributed by atoms with Gasteiger partial charge in [0.1, 0.15) is 0 Å². The molecule has 0 N–H and O–H groups in total. The maximum absolute atomic E-state index is 2.56. The topological polar surface area (TPSA) is 3.24 Å². The summed E-state index contributed by atoms with van der Waals surface area (Å²) in [6.07, 6.45) is 5.78. The molecule has 1 spiro atoms. The maximum atomic E-state index is 2.56. The Labute approximate surface area is 355 Å². The maximum Gasteiger partial charge on any atom is 0.0726 e. The molecule has 2 atom stereocenters. The van der Waals surface area contributed by atoms with Crippen molar-refractivity contribution < 1.29 is 0 Å². The summed E-state index contributed by atoms with van der Waals surface area (Å²) in [4.78, 5) is 2.56. The van der Waals surface area contributed by atoms with Gasteiger partial charge in [-0.05, 0) is 121 Å². The fourth-order valence-electron chi connectivity index (χ4n) is 11.7. The highest BCUT2D eigenvalue weighted by atomic mass is 32.1. The molecular formula is C58H41NS. The van der Waals surface area contributed by atoms with Crippen LogP contribution in [0.25, 0.3) is 59.1 Å². The average molecular weight is 784 g/mol. The third-order valence-electron chi connectivity index (χ3n) is 14.4. The van der Waals surface area contributed by atoms with Crippen LogP contribution < -0.4 is 4.90 Å². The molecule has 60 heavy (non-hydrogen) atoms. The Balaban J connectivity index is 1.05. The highest BCUT2D eigenvalue weighted by Crippen LogP contribution is 2.65. The first-order chi connectivity index (χ1) is 29.5. The van der Waals surface area contributed by atoms with Gasteiger partial charge in [0.15, 0.2) is 0 Å². The van der Waals surface area contributed by atoms with E-state index in [1.54, 1.807) is 0 Å². The molecule has 0 fully saturated rings. The van der Waals surface area contributed by atoms with E-state index in [4.69, 9.17) is 0 Å². The van der Waals surface area contributed by atoms with Crippen LogP contribution in [-0.4, -0.2) is 0 Å². The molecular weight excluding hydrogens is 743 g/mol. The van der Waals surface area contributed by atoms with Crippen LogP contribution in [0.1, 0.15) is 53.6 Å². The van der Waals surface area contributed by atoms with E-state index in [0.29, 0.717) is 5.92 Å². The summed E-state index contributed by atoms with van der Waals surface area (Å²) in [5.74, 6) is 0.378. The molecule has 1 nitrogen and oxygen atoms in total. The molecule has 2 unspecified atom stereocenters. The van der Waals surface area contributed by atoms with Crippen molar-refractivity contribution in [2.24, 2.45) is 5.92 Å². The van der Waals surface area contributed by atoms with Crippen molar-refractivity contribution >= 4 is 48.5 Å². The predicted octanol–water partition coefficient (Wildman–Crippen LogP) is 15.5. The molecule has 2 heteroatoms. The highest BCUT2D eigenvalue weighted by Gasteiger charge is 2.52. The molecule has 0 aliphatic heterocycles. The van der Waals surface area contributed by atoms with Crippen molar-refractivity contribution in [3.63, 3.8) is 0 Å². The SMILES string of the molecule is CC1(C)c2ccccc2C2=CC=C(N(c3ccc(-c4ccccc4)cc3)c3ccc4c(c3)C3(c5ccccc5-4)c4ccccc4-c4c3ccc3c4sc4ccccc43)CC21. The van der Waals surface area contributed by atoms with E-state index in [1.165, 1.54) is 110 Å². The Kier molecular flexibility index (Phi) is 7.05. The van der Waals surface area contributed by atoms with Gasteiger partial charge in [-0.1, -0.05) is 172 Å². The first-order valence-corrected chi connectivity index (χ1v) is 22.1. The minimum atomic E-state index is -0.454. The van der Waals surface area contributed by atoms with Crippen molar-refractivity contribution in [1.82, 2.24) is 0 Å². The van der Waals surface area contributed by atoms with Gasteiger partial charge in [-0.15, -0.1) is 11.3 Å². The standard InChI is InChI=1S/C58H41NS/c1-57(2)48-20-10-6-16-41(48)43-30-28-39(34-52(43)57)59(38-26-24-37(25-27-38)36-14-4-3-5-15-36)40-29-31-44-42-17-7-11-21-49(42)58(53(44)35-40)50-22-12-8-19-47(50)55-51(58)33-32-46-45-18-9-13-23-54(45)60-56(46)55/h3-33,35,52H,34H2,1-2H3. The van der Waals surface area contributed by atoms with Gasteiger partial charge in [-0.2, -0.15) is 0 Å². The van der Waals surface area contributed by atoms with E-state index in [9.17, 15) is 0 Å². The lowest BCUT2D eigenvalue weighted by molar-refractivity contribution is 0.406. The smallest absolute Gasteiger partial charge is 0.0726 e. The molecule has 9 aromatic rings. The molecule has 0 amide bonds. The quantitative estimate of drug-likeness (QED) is 0.172. The monoisotopic (exact) mass is 783 g/mol. The summed E-state index contributed by atoms with van der Waals surface area (Å²) in [6, 6.07) is 68.6. The van der Waals surface area contributed by atoms with Gasteiger partial charge in [0, 0.05) is 42.8 Å². The Morgan fingerprint density at radius 3 is 1.93 bits per heavy atom. The third-order valence-corrected chi connectivity index (χ3v) is 15.6. The molecule has 0 saturated heterocycles. The van der Waals surface area contributed by atoms with Crippen LogP contribution in [0.3, 0.4) is 0 Å². The number of rotatable bonds is 4. The largest absolute Gasteiger partial charge is 0.314 e. The van der Waals surface area contributed by atoms with Crippen LogP contribution in [-0.2, 0) is 10.8 Å². The average Bonchev–Trinajstić information content (AvgIpc) is 3.99. The summed E-state index contributed by atoms with van der Waals surface area (Å²) in [6.45, 7) is 4.89. The van der Waals surface area contributed by atoms with Crippen molar-refractivity contribution in [2.75, 3.05) is 4.90 Å². The molecule has 284 valence electrons. The summed E-state index contributed by atoms with van der Waals surface area (Å²) < 4.78 is 2.73. The zero-order valence-corrected chi connectivity index (χ0v) is 34.4. The second-order valence-corrected chi connectivity index (χ2v) is 18.6. The van der Waals surface area contributed by atoms with Crippen LogP contribution in [0.2, 0.25) is 0 Å². The van der Waals surface area contributed by atoms with Gasteiger partial charge in [0.2, 0.25) is 0 Å². The summed E-state index contributed by atoms with van der Waals surface area (Å²) in [7, 11) is 0. The molecule has 8 aromatic carbocycles. The van der Waals surface area contributed by atoms with Crippen LogP contribution in [0.4, 0.5) is 11.4 Å². The molecule has 1 heterocycles. The Morgan fingerprint density at radius 1 is 0.483 bits per heavy atom. The normalized spacial score (nSPS) is 18.7. The molecule has 0 radical (unpaired) electrons. The van der Waals surface area contributed by atoms with Crippen LogP contribution in [0, 0.1) is 5.92 Å². The third kappa shape index (κ3) is 4.47. The number of thiophene rings is 1. The molecule has 4 aliphatic rings. The lowest BCUT2D eigenvalue weighted by atomic mass is 9.70. The second-order valence-electron chi connectivity index (χ2n) is 17.6. The lowest BCUT2D eigenvalue weighted by Gasteiger charge is -2.37. The Morgan fingerprint density at radius 2 is 1.12 bits per heavy atom. The van der Waals surface area contributed by atoms with Crippen molar-refractivity contribution in [3.05, 3.63) is 233 Å². The van der Waals surface area contributed by atoms with Gasteiger partial charge in [-0.25, -0.2) is 0 Å². The molecule has 1 aromatic heterocycles. The van der Waals surface area contributed by atoms with E-state index in [0.717, 1.165) is 6.42 Å². The van der Waals surface area contributed by atoms with Crippen molar-refractivity contribution in [2.45, 2.75) is 31.1 Å². The van der Waals surface area contributed by atoms with Crippen molar-refractivity contribution in [3.8, 4) is 33.4 Å². The van der Waals surface area contributed by atoms with Crippen LogP contribution in [0.15, 0.2) is 200 Å². The first-order valence-electron chi connectivity index (χ1n) is 21.3. The highest BCUT2D eigenvalue weighted by molar-refractivity contribution is 7.26. The number of allylic oxidation sites excluding steroid dienone is 4. The lowest BCUT2D eigenvalue weighted by Crippen LogP contribution is -2.29. The zero-order chi connectivity index (χ0) is 39.7. The minimum absolute atomic E-state index is 0.0175. The van der Waals surface area contributed by atoms with E-state index < -0.39 is 5.41 Å². The minimum Gasteiger partial charge on any atom is -0.314 e. The fourth-order valence-corrected chi connectivity index (χ4v) is 13.0. The number of hydrogen-bond donors (Lipinski definition) is 0.